The number of aromatic nitrogens is 2. The lowest BCUT2D eigenvalue weighted by molar-refractivity contribution is -0.130. The number of nitrogens with one attached hydrogen (secondary N) is 1. The third kappa shape index (κ3) is 4.75. The summed E-state index contributed by atoms with van der Waals surface area (Å²) in [4.78, 5) is 22.3. The Balaban J connectivity index is 1.64. The van der Waals surface area contributed by atoms with Gasteiger partial charge < -0.3 is 19.7 Å². The molecule has 1 fully saturated rings. The molecule has 1 N–H and O–H groups in total. The van der Waals surface area contributed by atoms with Gasteiger partial charge in [-0.2, -0.15) is 0 Å². The number of terminal acetylenes is 1. The SMILES string of the molecule is C#Cc1cccc(Nc2ncnc3cc(OCC)c(OC4CCN(C(C)=O)CC4)cc23)c1. The molecule has 2 heterocycles. The van der Waals surface area contributed by atoms with Crippen molar-refractivity contribution in [2.75, 3.05) is 25.0 Å². The Labute approximate surface area is 187 Å². The van der Waals surface area contributed by atoms with E-state index in [0.717, 1.165) is 35.0 Å². The standard InChI is InChI=1S/C25H26N4O3/c1-4-18-7-6-8-19(13-18)28-25-21-14-24(23(31-5-2)15-22(21)26-16-27-25)32-20-9-11-29(12-10-20)17(3)30/h1,6-8,13-16,20H,5,9-12H2,2-3H3,(H,26,27,28). The molecule has 1 aliphatic rings. The number of rotatable bonds is 6. The maximum absolute atomic E-state index is 11.6. The van der Waals surface area contributed by atoms with Gasteiger partial charge in [0.05, 0.1) is 12.1 Å². The molecule has 0 aliphatic carbocycles. The zero-order valence-corrected chi connectivity index (χ0v) is 18.3. The summed E-state index contributed by atoms with van der Waals surface area (Å²) in [7, 11) is 0. The average Bonchev–Trinajstić information content (AvgIpc) is 2.80. The Kier molecular flexibility index (Phi) is 6.41. The van der Waals surface area contributed by atoms with Crippen LogP contribution in [0.4, 0.5) is 11.5 Å². The topological polar surface area (TPSA) is 76.6 Å². The Bertz CT molecular complexity index is 1160. The van der Waals surface area contributed by atoms with Gasteiger partial charge in [0.15, 0.2) is 11.5 Å². The van der Waals surface area contributed by atoms with Gasteiger partial charge in [-0.1, -0.05) is 12.0 Å². The molecule has 7 nitrogen and oxygen atoms in total. The normalized spacial score (nSPS) is 14.1. The third-order valence-electron chi connectivity index (χ3n) is 5.47. The lowest BCUT2D eigenvalue weighted by Gasteiger charge is -2.31. The number of carbonyl (C=O) groups is 1. The molecule has 164 valence electrons. The van der Waals surface area contributed by atoms with Crippen LogP contribution in [0.3, 0.4) is 0 Å². The fourth-order valence-corrected chi connectivity index (χ4v) is 3.82. The van der Waals surface area contributed by atoms with Crippen LogP contribution in [0.1, 0.15) is 32.3 Å². The van der Waals surface area contributed by atoms with Crippen molar-refractivity contribution in [1.82, 2.24) is 14.9 Å². The van der Waals surface area contributed by atoms with E-state index in [4.69, 9.17) is 15.9 Å². The van der Waals surface area contributed by atoms with Gasteiger partial charge in [0.2, 0.25) is 5.91 Å². The van der Waals surface area contributed by atoms with Crippen molar-refractivity contribution in [2.24, 2.45) is 0 Å². The number of ether oxygens (including phenoxy) is 2. The van der Waals surface area contributed by atoms with Gasteiger partial charge in [0.1, 0.15) is 18.2 Å². The summed E-state index contributed by atoms with van der Waals surface area (Å²) >= 11 is 0. The monoisotopic (exact) mass is 430 g/mol. The molecule has 1 saturated heterocycles. The summed E-state index contributed by atoms with van der Waals surface area (Å²) in [5.41, 5.74) is 2.37. The first kappa shape index (κ1) is 21.4. The van der Waals surface area contributed by atoms with Crippen molar-refractivity contribution >= 4 is 28.3 Å². The molecule has 0 spiro atoms. The minimum atomic E-state index is 0.00982. The van der Waals surface area contributed by atoms with Crippen LogP contribution in [-0.4, -0.2) is 46.6 Å². The molecule has 0 unspecified atom stereocenters. The van der Waals surface area contributed by atoms with Gasteiger partial charge in [0, 0.05) is 55.6 Å². The van der Waals surface area contributed by atoms with Gasteiger partial charge in [-0.25, -0.2) is 9.97 Å². The molecule has 2 aromatic carbocycles. The number of carbonyl (C=O) groups excluding carboxylic acids is 1. The van der Waals surface area contributed by atoms with Crippen LogP contribution in [0.25, 0.3) is 10.9 Å². The van der Waals surface area contributed by atoms with E-state index in [9.17, 15) is 4.79 Å². The first-order valence-corrected chi connectivity index (χ1v) is 10.7. The molecular formula is C25H26N4O3. The molecule has 3 aromatic rings. The minimum Gasteiger partial charge on any atom is -0.490 e. The summed E-state index contributed by atoms with van der Waals surface area (Å²) < 4.78 is 12.2. The van der Waals surface area contributed by atoms with Crippen LogP contribution in [0, 0.1) is 12.3 Å². The smallest absolute Gasteiger partial charge is 0.219 e. The number of anilines is 2. The van der Waals surface area contributed by atoms with Crippen LogP contribution in [0.5, 0.6) is 11.5 Å². The molecule has 1 amide bonds. The van der Waals surface area contributed by atoms with E-state index in [1.165, 1.54) is 6.33 Å². The highest BCUT2D eigenvalue weighted by Gasteiger charge is 2.23. The van der Waals surface area contributed by atoms with Crippen LogP contribution in [0.15, 0.2) is 42.7 Å². The van der Waals surface area contributed by atoms with Crippen LogP contribution >= 0.6 is 0 Å². The molecule has 7 heteroatoms. The second-order valence-electron chi connectivity index (χ2n) is 7.64. The average molecular weight is 431 g/mol. The van der Waals surface area contributed by atoms with E-state index >= 15 is 0 Å². The summed E-state index contributed by atoms with van der Waals surface area (Å²) in [6, 6.07) is 11.4. The fraction of sp³-hybridized carbons (Fsp3) is 0.320. The zero-order valence-electron chi connectivity index (χ0n) is 18.3. The number of amides is 1. The van der Waals surface area contributed by atoms with E-state index in [1.54, 1.807) is 6.92 Å². The Morgan fingerprint density at radius 1 is 1.22 bits per heavy atom. The van der Waals surface area contributed by atoms with Crippen molar-refractivity contribution in [3.8, 4) is 23.8 Å². The van der Waals surface area contributed by atoms with E-state index < -0.39 is 0 Å². The summed E-state index contributed by atoms with van der Waals surface area (Å²) in [5, 5.41) is 4.15. The minimum absolute atomic E-state index is 0.00982. The van der Waals surface area contributed by atoms with Crippen molar-refractivity contribution in [2.45, 2.75) is 32.8 Å². The molecule has 0 radical (unpaired) electrons. The highest BCUT2D eigenvalue weighted by molar-refractivity contribution is 5.93. The summed E-state index contributed by atoms with van der Waals surface area (Å²) in [5.74, 6) is 4.70. The van der Waals surface area contributed by atoms with Crippen molar-refractivity contribution in [3.05, 3.63) is 48.3 Å². The van der Waals surface area contributed by atoms with Gasteiger partial charge >= 0.3 is 0 Å². The molecule has 0 bridgehead atoms. The van der Waals surface area contributed by atoms with Crippen molar-refractivity contribution < 1.29 is 14.3 Å². The first-order valence-electron chi connectivity index (χ1n) is 10.7. The largest absolute Gasteiger partial charge is 0.490 e. The number of nitrogens with zero attached hydrogens (tertiary/aromatic N) is 3. The summed E-state index contributed by atoms with van der Waals surface area (Å²) in [6.07, 6.45) is 8.61. The first-order chi connectivity index (χ1) is 15.6. The Morgan fingerprint density at radius 3 is 2.75 bits per heavy atom. The highest BCUT2D eigenvalue weighted by Crippen LogP contribution is 2.36. The van der Waals surface area contributed by atoms with Crippen LogP contribution in [0.2, 0.25) is 0 Å². The van der Waals surface area contributed by atoms with E-state index in [0.29, 0.717) is 37.0 Å². The predicted molar refractivity (Wildman–Crippen MR) is 124 cm³/mol. The van der Waals surface area contributed by atoms with Gasteiger partial charge in [-0.05, 0) is 31.2 Å². The van der Waals surface area contributed by atoms with Gasteiger partial charge in [0.25, 0.3) is 0 Å². The number of hydrogen-bond acceptors (Lipinski definition) is 6. The third-order valence-corrected chi connectivity index (χ3v) is 5.47. The number of hydrogen-bond donors (Lipinski definition) is 1. The highest BCUT2D eigenvalue weighted by atomic mass is 16.5. The molecular weight excluding hydrogens is 404 g/mol. The van der Waals surface area contributed by atoms with Gasteiger partial charge in [-0.15, -0.1) is 6.42 Å². The molecule has 1 aromatic heterocycles. The fourth-order valence-electron chi connectivity index (χ4n) is 3.82. The number of likely N-dealkylation sites (tertiary alicyclic amines) is 1. The maximum atomic E-state index is 11.6. The van der Waals surface area contributed by atoms with E-state index in [1.807, 2.05) is 48.2 Å². The second-order valence-corrected chi connectivity index (χ2v) is 7.64. The Morgan fingerprint density at radius 2 is 2.03 bits per heavy atom. The van der Waals surface area contributed by atoms with Gasteiger partial charge in [-0.3, -0.25) is 4.79 Å². The lowest BCUT2D eigenvalue weighted by Crippen LogP contribution is -2.40. The van der Waals surface area contributed by atoms with E-state index in [-0.39, 0.29) is 12.0 Å². The molecule has 4 rings (SSSR count). The lowest BCUT2D eigenvalue weighted by atomic mass is 10.1. The van der Waals surface area contributed by atoms with Crippen LogP contribution < -0.4 is 14.8 Å². The molecule has 32 heavy (non-hydrogen) atoms. The second kappa shape index (κ2) is 9.56. The maximum Gasteiger partial charge on any atom is 0.219 e. The number of benzene rings is 2. The summed E-state index contributed by atoms with van der Waals surface area (Å²) in [6.45, 7) is 5.44. The van der Waals surface area contributed by atoms with Crippen LogP contribution in [-0.2, 0) is 4.79 Å². The predicted octanol–water partition coefficient (Wildman–Crippen LogP) is 4.14. The zero-order chi connectivity index (χ0) is 22.5. The molecule has 0 saturated carbocycles. The number of fused-ring (bicyclic) bond motifs is 1. The molecule has 0 atom stereocenters. The molecule has 1 aliphatic heterocycles. The van der Waals surface area contributed by atoms with Crippen molar-refractivity contribution in [1.29, 1.82) is 0 Å². The van der Waals surface area contributed by atoms with Crippen molar-refractivity contribution in [3.63, 3.8) is 0 Å². The van der Waals surface area contributed by atoms with E-state index in [2.05, 4.69) is 21.2 Å². The number of piperidine rings is 1. The Hall–Kier alpha value is -3.79. The quantitative estimate of drug-likeness (QED) is 0.592.